The Bertz CT molecular complexity index is 2090. The Morgan fingerprint density at radius 2 is 1.77 bits per heavy atom. The van der Waals surface area contributed by atoms with Crippen LogP contribution in [0.25, 0.3) is 39.5 Å². The molecule has 0 radical (unpaired) electrons. The van der Waals surface area contributed by atoms with Gasteiger partial charge in [0.05, 0.1) is 16.8 Å². The number of hydrogen-bond acceptors (Lipinski definition) is 8. The maximum Gasteiger partial charge on any atom is 0.254 e. The molecule has 1 atom stereocenters. The fourth-order valence-electron chi connectivity index (χ4n) is 6.19. The number of hydrogen-bond donors (Lipinski definition) is 2. The highest BCUT2D eigenvalue weighted by Crippen LogP contribution is 2.32. The molecule has 10 nitrogen and oxygen atoms in total. The second kappa shape index (κ2) is 12.5. The SMILES string of the molecule is C[C@H]1CN(Cc2ccc(-n3c(-c4cccnc4N)nc4ccc(-c5ccccc5)nc43)cc2)CCN1C(=O)c1ccc(O)c(C=O)c1. The first-order valence-corrected chi connectivity index (χ1v) is 15.5. The number of pyridine rings is 2. The molecule has 3 aromatic carbocycles. The first-order chi connectivity index (χ1) is 22.9. The Morgan fingerprint density at radius 1 is 0.957 bits per heavy atom. The molecule has 1 fully saturated rings. The van der Waals surface area contributed by atoms with E-state index >= 15 is 0 Å². The number of phenols is 1. The van der Waals surface area contributed by atoms with E-state index in [1.807, 2.05) is 71.0 Å². The van der Waals surface area contributed by atoms with Crippen LogP contribution in [0.4, 0.5) is 5.82 Å². The summed E-state index contributed by atoms with van der Waals surface area (Å²) in [5, 5.41) is 9.82. The monoisotopic (exact) mass is 623 g/mol. The number of carbonyl (C=O) groups excluding carboxylic acids is 2. The third kappa shape index (κ3) is 5.82. The molecule has 0 spiro atoms. The van der Waals surface area contributed by atoms with Crippen LogP contribution in [0, 0.1) is 0 Å². The lowest BCUT2D eigenvalue weighted by molar-refractivity contribution is 0.0475. The summed E-state index contributed by atoms with van der Waals surface area (Å²) < 4.78 is 2.03. The van der Waals surface area contributed by atoms with Gasteiger partial charge in [-0.2, -0.15) is 0 Å². The third-order valence-electron chi connectivity index (χ3n) is 8.63. The van der Waals surface area contributed by atoms with Gasteiger partial charge in [0.25, 0.3) is 5.91 Å². The van der Waals surface area contributed by atoms with E-state index in [4.69, 9.17) is 15.7 Å². The Labute approximate surface area is 271 Å². The van der Waals surface area contributed by atoms with E-state index in [1.54, 1.807) is 12.3 Å². The third-order valence-corrected chi connectivity index (χ3v) is 8.63. The lowest BCUT2D eigenvalue weighted by Gasteiger charge is -2.40. The van der Waals surface area contributed by atoms with Gasteiger partial charge >= 0.3 is 0 Å². The molecule has 0 saturated carbocycles. The average molecular weight is 624 g/mol. The van der Waals surface area contributed by atoms with Gasteiger partial charge < -0.3 is 15.7 Å². The van der Waals surface area contributed by atoms with Gasteiger partial charge in [-0.25, -0.2) is 15.0 Å². The van der Waals surface area contributed by atoms with E-state index in [1.165, 1.54) is 12.1 Å². The number of aromatic hydroxyl groups is 1. The fourth-order valence-corrected chi connectivity index (χ4v) is 6.19. The topological polar surface area (TPSA) is 130 Å². The first kappa shape index (κ1) is 29.8. The summed E-state index contributed by atoms with van der Waals surface area (Å²) in [4.78, 5) is 43.0. The second-order valence-electron chi connectivity index (χ2n) is 11.8. The van der Waals surface area contributed by atoms with Crippen molar-refractivity contribution in [3.8, 4) is 34.1 Å². The summed E-state index contributed by atoms with van der Waals surface area (Å²) in [6.07, 6.45) is 2.22. The number of carbonyl (C=O) groups is 2. The highest BCUT2D eigenvalue weighted by molar-refractivity contribution is 5.96. The van der Waals surface area contributed by atoms with E-state index in [9.17, 15) is 14.7 Å². The number of fused-ring (bicyclic) bond motifs is 1. The van der Waals surface area contributed by atoms with Crippen LogP contribution in [-0.2, 0) is 6.54 Å². The molecule has 234 valence electrons. The largest absolute Gasteiger partial charge is 0.507 e. The molecule has 1 amide bonds. The predicted octanol–water partition coefficient (Wildman–Crippen LogP) is 5.60. The van der Waals surface area contributed by atoms with Crippen molar-refractivity contribution >= 4 is 29.2 Å². The van der Waals surface area contributed by atoms with E-state index < -0.39 is 0 Å². The molecule has 0 unspecified atom stereocenters. The van der Waals surface area contributed by atoms with Crippen molar-refractivity contribution in [1.82, 2.24) is 29.3 Å². The van der Waals surface area contributed by atoms with Crippen molar-refractivity contribution in [3.63, 3.8) is 0 Å². The number of benzene rings is 3. The summed E-state index contributed by atoms with van der Waals surface area (Å²) >= 11 is 0. The number of phenolic OH excluding ortho intramolecular Hbond substituents is 1. The number of nitrogens with zero attached hydrogens (tertiary/aromatic N) is 6. The van der Waals surface area contributed by atoms with Gasteiger partial charge in [-0.05, 0) is 67.1 Å². The van der Waals surface area contributed by atoms with Gasteiger partial charge in [0.15, 0.2) is 17.8 Å². The molecule has 10 heteroatoms. The van der Waals surface area contributed by atoms with Gasteiger partial charge in [-0.15, -0.1) is 0 Å². The van der Waals surface area contributed by atoms with Crippen LogP contribution in [0.5, 0.6) is 5.75 Å². The lowest BCUT2D eigenvalue weighted by Crippen LogP contribution is -2.53. The van der Waals surface area contributed by atoms with E-state index in [0.717, 1.165) is 45.8 Å². The van der Waals surface area contributed by atoms with Crippen LogP contribution in [0.3, 0.4) is 0 Å². The summed E-state index contributed by atoms with van der Waals surface area (Å²) in [6, 6.07) is 30.5. The number of imidazole rings is 1. The van der Waals surface area contributed by atoms with Crippen LogP contribution < -0.4 is 5.73 Å². The maximum absolute atomic E-state index is 13.2. The molecular weight excluding hydrogens is 590 g/mol. The van der Waals surface area contributed by atoms with Crippen molar-refractivity contribution in [2.75, 3.05) is 25.4 Å². The van der Waals surface area contributed by atoms with Gasteiger partial charge in [-0.1, -0.05) is 42.5 Å². The van der Waals surface area contributed by atoms with Crippen molar-refractivity contribution in [3.05, 3.63) is 120 Å². The number of piperazine rings is 1. The van der Waals surface area contributed by atoms with Gasteiger partial charge in [0.2, 0.25) is 0 Å². The van der Waals surface area contributed by atoms with Crippen LogP contribution in [0.1, 0.15) is 33.2 Å². The minimum absolute atomic E-state index is 0.0290. The van der Waals surface area contributed by atoms with Crippen LogP contribution in [-0.4, -0.2) is 72.3 Å². The first-order valence-electron chi connectivity index (χ1n) is 15.5. The van der Waals surface area contributed by atoms with Crippen molar-refractivity contribution in [2.24, 2.45) is 0 Å². The molecule has 0 bridgehead atoms. The Morgan fingerprint density at radius 3 is 2.51 bits per heavy atom. The van der Waals surface area contributed by atoms with Crippen molar-refractivity contribution < 1.29 is 14.7 Å². The second-order valence-corrected chi connectivity index (χ2v) is 11.8. The number of nitrogen functional groups attached to an aromatic ring is 1. The molecule has 4 heterocycles. The molecular formula is C37H33N7O3. The minimum atomic E-state index is -0.147. The smallest absolute Gasteiger partial charge is 0.254 e. The van der Waals surface area contributed by atoms with Crippen molar-refractivity contribution in [1.29, 1.82) is 0 Å². The van der Waals surface area contributed by atoms with Crippen LogP contribution >= 0.6 is 0 Å². The Hall–Kier alpha value is -5.87. The number of anilines is 1. The predicted molar refractivity (Wildman–Crippen MR) is 181 cm³/mol. The number of rotatable bonds is 7. The molecule has 3 N–H and O–H groups in total. The number of aromatic nitrogens is 4. The fraction of sp³-hybridized carbons (Fsp3) is 0.162. The highest BCUT2D eigenvalue weighted by atomic mass is 16.3. The summed E-state index contributed by atoms with van der Waals surface area (Å²) in [5.74, 6) is 0.781. The van der Waals surface area contributed by atoms with E-state index in [2.05, 4.69) is 34.1 Å². The van der Waals surface area contributed by atoms with E-state index in [0.29, 0.717) is 43.1 Å². The zero-order valence-corrected chi connectivity index (χ0v) is 25.8. The van der Waals surface area contributed by atoms with Gasteiger partial charge in [-0.3, -0.25) is 19.1 Å². The molecule has 0 aliphatic carbocycles. The molecule has 6 aromatic rings. The van der Waals surface area contributed by atoms with E-state index in [-0.39, 0.29) is 23.3 Å². The summed E-state index contributed by atoms with van der Waals surface area (Å²) in [7, 11) is 0. The number of aldehydes is 1. The number of amides is 1. The lowest BCUT2D eigenvalue weighted by atomic mass is 10.1. The zero-order valence-electron chi connectivity index (χ0n) is 25.8. The standard InChI is InChI=1S/C37H33N7O3/c1-24-21-42(18-19-43(24)37(47)27-11-16-33(46)28(20-27)23-45)22-25-9-12-29(13-10-25)44-35(30-8-5-17-39-34(30)38)41-32-15-14-31(40-36(32)44)26-6-3-2-4-7-26/h2-17,20,23-24,46H,18-19,21-22H2,1H3,(H2,38,39)/t24-/m0/s1. The zero-order chi connectivity index (χ0) is 32.5. The molecule has 3 aromatic heterocycles. The molecule has 47 heavy (non-hydrogen) atoms. The summed E-state index contributed by atoms with van der Waals surface area (Å²) in [5.41, 5.74) is 12.9. The van der Waals surface area contributed by atoms with Gasteiger partial charge in [0, 0.05) is 55.2 Å². The van der Waals surface area contributed by atoms with Crippen LogP contribution in [0.15, 0.2) is 103 Å². The minimum Gasteiger partial charge on any atom is -0.507 e. The average Bonchev–Trinajstić information content (AvgIpc) is 3.48. The van der Waals surface area contributed by atoms with Gasteiger partial charge in [0.1, 0.15) is 17.1 Å². The number of nitrogens with two attached hydrogens (primary N) is 1. The molecule has 1 aliphatic rings. The van der Waals surface area contributed by atoms with Crippen LogP contribution in [0.2, 0.25) is 0 Å². The molecule has 1 aliphatic heterocycles. The molecule has 1 saturated heterocycles. The van der Waals surface area contributed by atoms with Crippen molar-refractivity contribution in [2.45, 2.75) is 19.5 Å². The maximum atomic E-state index is 13.2. The highest BCUT2D eigenvalue weighted by Gasteiger charge is 2.28. The Kier molecular flexibility index (Phi) is 7.93. The molecule has 7 rings (SSSR count). The normalized spacial score (nSPS) is 15.2. The Balaban J connectivity index is 1.14. The summed E-state index contributed by atoms with van der Waals surface area (Å²) in [6.45, 7) is 4.72. The quantitative estimate of drug-likeness (QED) is 0.220.